The minimum atomic E-state index is 0.0448. The predicted molar refractivity (Wildman–Crippen MR) is 90.5 cm³/mol. The number of nitrogens with zero attached hydrogens (tertiary/aromatic N) is 1. The molecule has 1 fully saturated rings. The highest BCUT2D eigenvalue weighted by Crippen LogP contribution is 2.43. The number of carbonyl (C=O) groups excluding carboxylic acids is 1. The van der Waals surface area contributed by atoms with E-state index in [1.54, 1.807) is 6.20 Å². The average molecular weight is 326 g/mol. The van der Waals surface area contributed by atoms with E-state index in [-0.39, 0.29) is 11.9 Å². The maximum absolute atomic E-state index is 12.2. The van der Waals surface area contributed by atoms with Gasteiger partial charge in [-0.3, -0.25) is 9.89 Å². The first kappa shape index (κ1) is 14.3. The fraction of sp³-hybridized carbons (Fsp3) is 0.222. The lowest BCUT2D eigenvalue weighted by atomic mass is 10.1. The average Bonchev–Trinajstić information content (AvgIpc) is 3.12. The van der Waals surface area contributed by atoms with Gasteiger partial charge >= 0.3 is 0 Å². The highest BCUT2D eigenvalue weighted by molar-refractivity contribution is 6.31. The van der Waals surface area contributed by atoms with Gasteiger partial charge in [0.1, 0.15) is 0 Å². The zero-order chi connectivity index (χ0) is 15.8. The molecule has 2 unspecified atom stereocenters. The Morgan fingerprint density at radius 2 is 2.17 bits per heavy atom. The fourth-order valence-electron chi connectivity index (χ4n) is 3.01. The number of fused-ring (bicyclic) bond motifs is 1. The van der Waals surface area contributed by atoms with Crippen molar-refractivity contribution in [1.82, 2.24) is 15.5 Å². The van der Waals surface area contributed by atoms with Crippen molar-refractivity contribution in [3.05, 3.63) is 64.8 Å². The van der Waals surface area contributed by atoms with Gasteiger partial charge in [-0.2, -0.15) is 5.10 Å². The summed E-state index contributed by atoms with van der Waals surface area (Å²) in [4.78, 5) is 12.2. The van der Waals surface area contributed by atoms with E-state index in [0.717, 1.165) is 33.5 Å². The summed E-state index contributed by atoms with van der Waals surface area (Å²) in [5, 5.41) is 11.8. The van der Waals surface area contributed by atoms with Crippen molar-refractivity contribution < 1.29 is 4.79 Å². The van der Waals surface area contributed by atoms with Gasteiger partial charge in [-0.1, -0.05) is 41.9 Å². The second-order valence-electron chi connectivity index (χ2n) is 6.01. The minimum absolute atomic E-state index is 0.0448. The number of H-pyrrole nitrogens is 1. The SMILES string of the molecule is O=C(Cc1ccc2cn[nH]c2c1)NC1CC1c1ccccc1Cl. The second-order valence-corrected chi connectivity index (χ2v) is 6.41. The van der Waals surface area contributed by atoms with Gasteiger partial charge in [-0.05, 0) is 29.7 Å². The van der Waals surface area contributed by atoms with E-state index in [1.165, 1.54) is 0 Å². The first-order valence-corrected chi connectivity index (χ1v) is 8.04. The van der Waals surface area contributed by atoms with Crippen molar-refractivity contribution in [2.24, 2.45) is 0 Å². The molecule has 1 saturated carbocycles. The number of hydrogen-bond donors (Lipinski definition) is 2. The summed E-state index contributed by atoms with van der Waals surface area (Å²) in [5.74, 6) is 0.381. The lowest BCUT2D eigenvalue weighted by Gasteiger charge is -2.06. The van der Waals surface area contributed by atoms with E-state index in [1.807, 2.05) is 42.5 Å². The number of aromatic nitrogens is 2. The molecule has 0 spiro atoms. The van der Waals surface area contributed by atoms with Gasteiger partial charge < -0.3 is 5.32 Å². The summed E-state index contributed by atoms with van der Waals surface area (Å²) in [7, 11) is 0. The Balaban J connectivity index is 1.38. The molecule has 0 radical (unpaired) electrons. The van der Waals surface area contributed by atoms with Gasteiger partial charge in [0.05, 0.1) is 18.1 Å². The monoisotopic (exact) mass is 325 g/mol. The van der Waals surface area contributed by atoms with Gasteiger partial charge in [0.25, 0.3) is 0 Å². The molecule has 4 nitrogen and oxygen atoms in total. The molecular formula is C18H16ClN3O. The Hall–Kier alpha value is -2.33. The van der Waals surface area contributed by atoms with Gasteiger partial charge in [0.2, 0.25) is 5.91 Å². The number of benzene rings is 2. The van der Waals surface area contributed by atoms with Crippen LogP contribution in [-0.4, -0.2) is 22.1 Å². The van der Waals surface area contributed by atoms with E-state index < -0.39 is 0 Å². The molecule has 116 valence electrons. The topological polar surface area (TPSA) is 57.8 Å². The minimum Gasteiger partial charge on any atom is -0.352 e. The lowest BCUT2D eigenvalue weighted by Crippen LogP contribution is -2.28. The second kappa shape index (κ2) is 5.70. The fourth-order valence-corrected chi connectivity index (χ4v) is 3.29. The van der Waals surface area contributed by atoms with Gasteiger partial charge in [0, 0.05) is 22.4 Å². The number of carbonyl (C=O) groups is 1. The van der Waals surface area contributed by atoms with Crippen molar-refractivity contribution in [2.75, 3.05) is 0 Å². The van der Waals surface area contributed by atoms with Crippen molar-refractivity contribution in [1.29, 1.82) is 0 Å². The van der Waals surface area contributed by atoms with Gasteiger partial charge in [0.15, 0.2) is 0 Å². The van der Waals surface area contributed by atoms with Crippen LogP contribution in [0.5, 0.6) is 0 Å². The Bertz CT molecular complexity index is 873. The van der Waals surface area contributed by atoms with E-state index in [9.17, 15) is 4.79 Å². The third kappa shape index (κ3) is 2.94. The smallest absolute Gasteiger partial charge is 0.224 e. The molecule has 1 heterocycles. The summed E-state index contributed by atoms with van der Waals surface area (Å²) in [6, 6.07) is 13.9. The molecule has 2 atom stereocenters. The predicted octanol–water partition coefficient (Wildman–Crippen LogP) is 3.43. The maximum atomic E-state index is 12.2. The Labute approximate surface area is 138 Å². The molecule has 4 rings (SSSR count). The van der Waals surface area contributed by atoms with Crippen molar-refractivity contribution in [2.45, 2.75) is 24.8 Å². The molecule has 2 N–H and O–H groups in total. The van der Waals surface area contributed by atoms with Crippen LogP contribution in [0.4, 0.5) is 0 Å². The number of halogens is 1. The summed E-state index contributed by atoms with van der Waals surface area (Å²) in [6.45, 7) is 0. The molecule has 1 aromatic heterocycles. The molecule has 1 amide bonds. The van der Waals surface area contributed by atoms with Crippen LogP contribution in [0.2, 0.25) is 5.02 Å². The first-order valence-electron chi connectivity index (χ1n) is 7.66. The Kier molecular flexibility index (Phi) is 3.54. The number of amides is 1. The lowest BCUT2D eigenvalue weighted by molar-refractivity contribution is -0.120. The number of nitrogens with one attached hydrogen (secondary N) is 2. The molecule has 1 aliphatic rings. The molecule has 5 heteroatoms. The quantitative estimate of drug-likeness (QED) is 0.772. The number of aromatic amines is 1. The van der Waals surface area contributed by atoms with E-state index in [2.05, 4.69) is 15.5 Å². The zero-order valence-electron chi connectivity index (χ0n) is 12.4. The van der Waals surface area contributed by atoms with E-state index in [0.29, 0.717) is 12.3 Å². The summed E-state index contributed by atoms with van der Waals surface area (Å²) >= 11 is 6.21. The van der Waals surface area contributed by atoms with Crippen LogP contribution in [0, 0.1) is 0 Å². The number of rotatable bonds is 4. The van der Waals surface area contributed by atoms with Crippen molar-refractivity contribution in [3.8, 4) is 0 Å². The summed E-state index contributed by atoms with van der Waals surface area (Å²) < 4.78 is 0. The van der Waals surface area contributed by atoms with Crippen LogP contribution in [0.15, 0.2) is 48.7 Å². The number of hydrogen-bond acceptors (Lipinski definition) is 2. The van der Waals surface area contributed by atoms with Crippen LogP contribution in [0.25, 0.3) is 10.9 Å². The van der Waals surface area contributed by atoms with Crippen molar-refractivity contribution in [3.63, 3.8) is 0 Å². The standard InChI is InChI=1S/C18H16ClN3O/c19-15-4-2-1-3-13(15)14-9-17(14)21-18(23)8-11-5-6-12-10-20-22-16(12)7-11/h1-7,10,14,17H,8-9H2,(H,20,22)(H,21,23). The molecule has 0 bridgehead atoms. The van der Waals surface area contributed by atoms with E-state index >= 15 is 0 Å². The first-order chi connectivity index (χ1) is 11.2. The van der Waals surface area contributed by atoms with Crippen molar-refractivity contribution >= 4 is 28.4 Å². The summed E-state index contributed by atoms with van der Waals surface area (Å²) in [6.07, 6.45) is 3.10. The highest BCUT2D eigenvalue weighted by Gasteiger charge is 2.40. The van der Waals surface area contributed by atoms with Crippen LogP contribution in [0.3, 0.4) is 0 Å². The summed E-state index contributed by atoms with van der Waals surface area (Å²) in [5.41, 5.74) is 3.06. The normalized spacial score (nSPS) is 19.7. The Morgan fingerprint density at radius 1 is 1.30 bits per heavy atom. The molecule has 3 aromatic rings. The van der Waals surface area contributed by atoms with Crippen LogP contribution < -0.4 is 5.32 Å². The molecule has 1 aliphatic carbocycles. The third-order valence-corrected chi connectivity index (χ3v) is 4.66. The Morgan fingerprint density at radius 3 is 3.04 bits per heavy atom. The molecule has 23 heavy (non-hydrogen) atoms. The zero-order valence-corrected chi connectivity index (χ0v) is 13.2. The van der Waals surface area contributed by atoms with Crippen LogP contribution in [0.1, 0.15) is 23.5 Å². The maximum Gasteiger partial charge on any atom is 0.224 e. The third-order valence-electron chi connectivity index (χ3n) is 4.31. The molecule has 0 saturated heterocycles. The van der Waals surface area contributed by atoms with Gasteiger partial charge in [-0.25, -0.2) is 0 Å². The van der Waals surface area contributed by atoms with Crippen LogP contribution >= 0.6 is 11.6 Å². The van der Waals surface area contributed by atoms with E-state index in [4.69, 9.17) is 11.6 Å². The van der Waals surface area contributed by atoms with Gasteiger partial charge in [-0.15, -0.1) is 0 Å². The molecule has 2 aromatic carbocycles. The molecular weight excluding hydrogens is 310 g/mol. The largest absolute Gasteiger partial charge is 0.352 e. The molecule has 0 aliphatic heterocycles. The van der Waals surface area contributed by atoms with Crippen LogP contribution in [-0.2, 0) is 11.2 Å². The highest BCUT2D eigenvalue weighted by atomic mass is 35.5.